The number of alkyl carbamates (subject to hydrolysis) is 1. The third-order valence-corrected chi connectivity index (χ3v) is 3.28. The fourth-order valence-corrected chi connectivity index (χ4v) is 2.15. The number of aryl methyl sites for hydroxylation is 1. The lowest BCUT2D eigenvalue weighted by Gasteiger charge is -2.20. The van der Waals surface area contributed by atoms with Crippen LogP contribution in [0.2, 0.25) is 5.28 Å². The van der Waals surface area contributed by atoms with Gasteiger partial charge in [0.15, 0.2) is 0 Å². The van der Waals surface area contributed by atoms with Crippen LogP contribution in [-0.4, -0.2) is 21.6 Å². The summed E-state index contributed by atoms with van der Waals surface area (Å²) in [6.07, 6.45) is 1.19. The Morgan fingerprint density at radius 3 is 2.65 bits per heavy atom. The molecule has 2 rings (SSSR count). The summed E-state index contributed by atoms with van der Waals surface area (Å²) < 4.78 is 5.25. The highest BCUT2D eigenvalue weighted by Gasteiger charge is 2.15. The van der Waals surface area contributed by atoms with Gasteiger partial charge >= 0.3 is 6.09 Å². The van der Waals surface area contributed by atoms with Gasteiger partial charge in [0.1, 0.15) is 6.61 Å². The number of ether oxygens (including phenoxy) is 1. The van der Waals surface area contributed by atoms with Gasteiger partial charge in [-0.05, 0) is 62.6 Å². The third kappa shape index (κ3) is 5.21. The van der Waals surface area contributed by atoms with Gasteiger partial charge in [-0.1, -0.05) is 12.1 Å². The van der Waals surface area contributed by atoms with Crippen molar-refractivity contribution in [3.8, 4) is 11.3 Å². The minimum atomic E-state index is -0.427. The Kier molecular flexibility index (Phi) is 5.21. The molecule has 1 amide bonds. The number of nitrogens with zero attached hydrogens (tertiary/aromatic N) is 2. The average Bonchev–Trinajstić information content (AvgIpc) is 2.44. The van der Waals surface area contributed by atoms with E-state index in [0.717, 1.165) is 22.4 Å². The summed E-state index contributed by atoms with van der Waals surface area (Å²) in [4.78, 5) is 19.8. The van der Waals surface area contributed by atoms with E-state index in [1.807, 2.05) is 45.9 Å². The number of hydrogen-bond acceptors (Lipinski definition) is 4. The van der Waals surface area contributed by atoms with E-state index in [0.29, 0.717) is 0 Å². The molecule has 122 valence electrons. The number of aromatic nitrogens is 2. The Balaban J connectivity index is 2.07. The zero-order chi connectivity index (χ0) is 17.0. The molecule has 0 saturated carbocycles. The molecule has 1 aromatic carbocycles. The van der Waals surface area contributed by atoms with E-state index < -0.39 is 6.09 Å². The molecule has 0 spiro atoms. The van der Waals surface area contributed by atoms with Crippen molar-refractivity contribution in [1.82, 2.24) is 15.3 Å². The molecular formula is C17H20ClN3O2. The summed E-state index contributed by atoms with van der Waals surface area (Å²) in [5.74, 6) is 0. The summed E-state index contributed by atoms with van der Waals surface area (Å²) in [7, 11) is 0. The van der Waals surface area contributed by atoms with E-state index in [9.17, 15) is 4.79 Å². The maximum absolute atomic E-state index is 11.7. The molecule has 0 atom stereocenters. The fraction of sp³-hybridized carbons (Fsp3) is 0.353. The highest BCUT2D eigenvalue weighted by atomic mass is 35.5. The largest absolute Gasteiger partial charge is 0.445 e. The lowest BCUT2D eigenvalue weighted by atomic mass is 10.0. The summed E-state index contributed by atoms with van der Waals surface area (Å²) >= 11 is 5.82. The highest BCUT2D eigenvalue weighted by molar-refractivity contribution is 6.28. The molecule has 0 radical (unpaired) electrons. The van der Waals surface area contributed by atoms with E-state index in [-0.39, 0.29) is 17.4 Å². The number of carbonyl (C=O) groups is 1. The van der Waals surface area contributed by atoms with Crippen LogP contribution in [0.3, 0.4) is 0 Å². The Labute approximate surface area is 141 Å². The van der Waals surface area contributed by atoms with Gasteiger partial charge in [-0.2, -0.15) is 0 Å². The van der Waals surface area contributed by atoms with Crippen LogP contribution in [0.25, 0.3) is 11.3 Å². The summed E-state index contributed by atoms with van der Waals surface area (Å²) in [6.45, 7) is 7.90. The number of rotatable bonds is 3. The van der Waals surface area contributed by atoms with E-state index in [2.05, 4.69) is 15.3 Å². The number of carbonyl (C=O) groups excluding carboxylic acids is 1. The van der Waals surface area contributed by atoms with Crippen molar-refractivity contribution in [3.63, 3.8) is 0 Å². The van der Waals surface area contributed by atoms with Gasteiger partial charge in [0.25, 0.3) is 0 Å². The fourth-order valence-electron chi connectivity index (χ4n) is 2.00. The zero-order valence-corrected chi connectivity index (χ0v) is 14.4. The van der Waals surface area contributed by atoms with Crippen molar-refractivity contribution in [1.29, 1.82) is 0 Å². The molecule has 0 aliphatic carbocycles. The highest BCUT2D eigenvalue weighted by Crippen LogP contribution is 2.21. The molecule has 1 aromatic heterocycles. The normalized spacial score (nSPS) is 11.2. The first-order chi connectivity index (χ1) is 10.7. The lowest BCUT2D eigenvalue weighted by molar-refractivity contribution is 0.131. The van der Waals surface area contributed by atoms with Crippen molar-refractivity contribution in [2.24, 2.45) is 0 Å². The predicted octanol–water partition coefficient (Wildman–Crippen LogP) is 4.13. The summed E-state index contributed by atoms with van der Waals surface area (Å²) in [5.41, 5.74) is 3.34. The second kappa shape index (κ2) is 6.96. The minimum absolute atomic E-state index is 0.214. The van der Waals surface area contributed by atoms with E-state index in [4.69, 9.17) is 16.3 Å². The van der Waals surface area contributed by atoms with Gasteiger partial charge in [0, 0.05) is 17.3 Å². The van der Waals surface area contributed by atoms with Crippen molar-refractivity contribution in [2.75, 3.05) is 0 Å². The number of halogens is 1. The van der Waals surface area contributed by atoms with Crippen molar-refractivity contribution >= 4 is 17.7 Å². The van der Waals surface area contributed by atoms with Crippen LogP contribution in [0.15, 0.2) is 30.5 Å². The van der Waals surface area contributed by atoms with Crippen LogP contribution in [0.5, 0.6) is 0 Å². The first-order valence-corrected chi connectivity index (χ1v) is 7.66. The van der Waals surface area contributed by atoms with Crippen LogP contribution in [-0.2, 0) is 11.3 Å². The molecule has 6 heteroatoms. The SMILES string of the molecule is Cc1cc(-c2ccnc(Cl)n2)ccc1COC(=O)NC(C)(C)C. The molecule has 2 aromatic rings. The zero-order valence-electron chi connectivity index (χ0n) is 13.7. The molecule has 0 bridgehead atoms. The average molecular weight is 334 g/mol. The molecule has 0 fully saturated rings. The van der Waals surface area contributed by atoms with Crippen molar-refractivity contribution < 1.29 is 9.53 Å². The quantitative estimate of drug-likeness (QED) is 0.858. The predicted molar refractivity (Wildman–Crippen MR) is 90.3 cm³/mol. The Morgan fingerprint density at radius 2 is 2.04 bits per heavy atom. The second-order valence-electron chi connectivity index (χ2n) is 6.30. The topological polar surface area (TPSA) is 64.1 Å². The van der Waals surface area contributed by atoms with Gasteiger partial charge in [-0.25, -0.2) is 14.8 Å². The Hall–Kier alpha value is -2.14. The van der Waals surface area contributed by atoms with Gasteiger partial charge in [0.05, 0.1) is 5.69 Å². The maximum atomic E-state index is 11.7. The Bertz CT molecular complexity index is 711. The van der Waals surface area contributed by atoms with E-state index in [1.54, 1.807) is 12.3 Å². The van der Waals surface area contributed by atoms with Gasteiger partial charge in [0.2, 0.25) is 5.28 Å². The lowest BCUT2D eigenvalue weighted by Crippen LogP contribution is -2.40. The molecule has 23 heavy (non-hydrogen) atoms. The van der Waals surface area contributed by atoms with Crippen LogP contribution in [0.4, 0.5) is 4.79 Å². The van der Waals surface area contributed by atoms with E-state index in [1.165, 1.54) is 0 Å². The first-order valence-electron chi connectivity index (χ1n) is 7.28. The minimum Gasteiger partial charge on any atom is -0.445 e. The first kappa shape index (κ1) is 17.2. The number of amides is 1. The van der Waals surface area contributed by atoms with Crippen LogP contribution < -0.4 is 5.32 Å². The molecule has 0 aliphatic rings. The molecule has 0 unspecified atom stereocenters. The number of nitrogens with one attached hydrogen (secondary N) is 1. The monoisotopic (exact) mass is 333 g/mol. The van der Waals surface area contributed by atoms with Crippen LogP contribution in [0.1, 0.15) is 31.9 Å². The Morgan fingerprint density at radius 1 is 1.30 bits per heavy atom. The molecule has 5 nitrogen and oxygen atoms in total. The number of benzene rings is 1. The molecule has 0 aliphatic heterocycles. The third-order valence-electron chi connectivity index (χ3n) is 3.10. The van der Waals surface area contributed by atoms with Crippen molar-refractivity contribution in [3.05, 3.63) is 46.9 Å². The molecule has 0 saturated heterocycles. The molecule has 1 heterocycles. The van der Waals surface area contributed by atoms with Crippen LogP contribution >= 0.6 is 11.6 Å². The summed E-state index contributed by atoms with van der Waals surface area (Å²) in [5, 5.41) is 2.97. The van der Waals surface area contributed by atoms with Gasteiger partial charge in [-0.15, -0.1) is 0 Å². The maximum Gasteiger partial charge on any atom is 0.407 e. The van der Waals surface area contributed by atoms with Crippen molar-refractivity contribution in [2.45, 2.75) is 39.8 Å². The molecule has 1 N–H and O–H groups in total. The second-order valence-corrected chi connectivity index (χ2v) is 6.64. The smallest absolute Gasteiger partial charge is 0.407 e. The van der Waals surface area contributed by atoms with Crippen LogP contribution in [0, 0.1) is 6.92 Å². The summed E-state index contributed by atoms with van der Waals surface area (Å²) in [6, 6.07) is 7.63. The van der Waals surface area contributed by atoms with E-state index >= 15 is 0 Å². The van der Waals surface area contributed by atoms with Gasteiger partial charge in [-0.3, -0.25) is 0 Å². The van der Waals surface area contributed by atoms with Gasteiger partial charge < -0.3 is 10.1 Å². The molecular weight excluding hydrogens is 314 g/mol. The number of hydrogen-bond donors (Lipinski definition) is 1. The standard InChI is InChI=1S/C17H20ClN3O2/c1-11-9-12(14-7-8-19-15(18)20-14)5-6-13(11)10-23-16(22)21-17(2,3)4/h5-9H,10H2,1-4H3,(H,21,22).